The van der Waals surface area contributed by atoms with E-state index in [2.05, 4.69) is 42.7 Å². The predicted octanol–water partition coefficient (Wildman–Crippen LogP) is 5.71. The molecule has 29 heavy (non-hydrogen) atoms. The molecule has 1 saturated heterocycles. The zero-order valence-electron chi connectivity index (χ0n) is 17.3. The lowest BCUT2D eigenvalue weighted by atomic mass is 9.84. The average Bonchev–Trinajstić information content (AvgIpc) is 2.78. The van der Waals surface area contributed by atoms with Gasteiger partial charge < -0.3 is 9.64 Å². The number of benzene rings is 2. The van der Waals surface area contributed by atoms with Crippen LogP contribution in [0.3, 0.4) is 0 Å². The fraction of sp³-hybridized carbons (Fsp3) is 0.346. The molecule has 0 saturated carbocycles. The van der Waals surface area contributed by atoms with E-state index in [1.807, 2.05) is 42.5 Å². The van der Waals surface area contributed by atoms with Crippen LogP contribution < -0.4 is 0 Å². The SMILES string of the molecule is C=C[C@@H](c1ccccc1)[C@H](C)/C(=C\C(=O)OCc1ccccc1)N1CCCCC1. The molecule has 2 aromatic carbocycles. The molecule has 1 aliphatic rings. The molecule has 0 N–H and O–H groups in total. The van der Waals surface area contributed by atoms with Gasteiger partial charge in [0.05, 0.1) is 0 Å². The van der Waals surface area contributed by atoms with Gasteiger partial charge in [-0.15, -0.1) is 6.58 Å². The lowest BCUT2D eigenvalue weighted by Crippen LogP contribution is -2.33. The van der Waals surface area contributed by atoms with Crippen molar-refractivity contribution >= 4 is 5.97 Å². The maximum atomic E-state index is 12.7. The standard InChI is InChI=1S/C26H31NO2/c1-3-24(23-15-9-5-10-16-23)21(2)25(27-17-11-6-12-18-27)19-26(28)29-20-22-13-7-4-8-14-22/h3-5,7-10,13-16,19,21,24H,1,6,11-12,17-18,20H2,2H3/b25-19+/t21-,24+/m0/s1. The Hall–Kier alpha value is -2.81. The molecule has 2 aromatic rings. The summed E-state index contributed by atoms with van der Waals surface area (Å²) in [5.74, 6) is 0.000672. The number of hydrogen-bond donors (Lipinski definition) is 0. The number of allylic oxidation sites excluding steroid dienone is 2. The minimum Gasteiger partial charge on any atom is -0.458 e. The van der Waals surface area contributed by atoms with Gasteiger partial charge in [0.2, 0.25) is 0 Å². The number of piperidine rings is 1. The third-order valence-corrected chi connectivity index (χ3v) is 5.65. The molecule has 0 aromatic heterocycles. The second-order valence-corrected chi connectivity index (χ2v) is 7.67. The van der Waals surface area contributed by atoms with Gasteiger partial charge >= 0.3 is 5.97 Å². The van der Waals surface area contributed by atoms with Crippen LogP contribution in [0.1, 0.15) is 43.2 Å². The summed E-state index contributed by atoms with van der Waals surface area (Å²) in [6.45, 7) is 8.53. The predicted molar refractivity (Wildman–Crippen MR) is 118 cm³/mol. The van der Waals surface area contributed by atoms with Crippen LogP contribution in [-0.2, 0) is 16.1 Å². The molecule has 1 heterocycles. The Morgan fingerprint density at radius 2 is 1.66 bits per heavy atom. The van der Waals surface area contributed by atoms with Crippen molar-refractivity contribution in [1.29, 1.82) is 0 Å². The molecule has 152 valence electrons. The molecule has 0 unspecified atom stereocenters. The molecule has 3 nitrogen and oxygen atoms in total. The van der Waals surface area contributed by atoms with E-state index in [0.717, 1.165) is 37.2 Å². The summed E-state index contributed by atoms with van der Waals surface area (Å²) >= 11 is 0. The van der Waals surface area contributed by atoms with E-state index in [-0.39, 0.29) is 17.8 Å². The molecule has 0 spiro atoms. The lowest BCUT2D eigenvalue weighted by Gasteiger charge is -2.36. The first-order chi connectivity index (χ1) is 14.2. The van der Waals surface area contributed by atoms with Crippen LogP contribution in [-0.4, -0.2) is 24.0 Å². The Morgan fingerprint density at radius 1 is 1.03 bits per heavy atom. The van der Waals surface area contributed by atoms with Crippen molar-refractivity contribution in [3.63, 3.8) is 0 Å². The van der Waals surface area contributed by atoms with Gasteiger partial charge in [-0.05, 0) is 30.4 Å². The van der Waals surface area contributed by atoms with Gasteiger partial charge in [-0.25, -0.2) is 4.79 Å². The zero-order valence-corrected chi connectivity index (χ0v) is 17.3. The van der Waals surface area contributed by atoms with Gasteiger partial charge in [0.1, 0.15) is 6.61 Å². The number of rotatable bonds is 8. The summed E-state index contributed by atoms with van der Waals surface area (Å²) in [6.07, 6.45) is 7.27. The molecule has 3 rings (SSSR count). The van der Waals surface area contributed by atoms with Crippen molar-refractivity contribution < 1.29 is 9.53 Å². The number of carbonyl (C=O) groups is 1. The molecule has 2 atom stereocenters. The normalized spacial score (nSPS) is 16.7. The summed E-state index contributed by atoms with van der Waals surface area (Å²) < 4.78 is 5.55. The molecule has 0 bridgehead atoms. The van der Waals surface area contributed by atoms with Crippen LogP contribution in [0, 0.1) is 5.92 Å². The molecular formula is C26H31NO2. The summed E-state index contributed by atoms with van der Waals surface area (Å²) in [5.41, 5.74) is 3.27. The van der Waals surface area contributed by atoms with E-state index in [4.69, 9.17) is 4.74 Å². The van der Waals surface area contributed by atoms with Crippen molar-refractivity contribution in [2.45, 2.75) is 38.7 Å². The molecule has 0 aliphatic carbocycles. The summed E-state index contributed by atoms with van der Waals surface area (Å²) in [5, 5.41) is 0. The monoisotopic (exact) mass is 389 g/mol. The topological polar surface area (TPSA) is 29.5 Å². The third kappa shape index (κ3) is 5.83. The van der Waals surface area contributed by atoms with Crippen molar-refractivity contribution in [2.75, 3.05) is 13.1 Å². The fourth-order valence-corrected chi connectivity index (χ4v) is 4.04. The highest BCUT2D eigenvalue weighted by molar-refractivity contribution is 5.82. The lowest BCUT2D eigenvalue weighted by molar-refractivity contribution is -0.139. The summed E-state index contributed by atoms with van der Waals surface area (Å²) in [6, 6.07) is 20.2. The minimum atomic E-state index is -0.280. The Morgan fingerprint density at radius 3 is 2.28 bits per heavy atom. The maximum Gasteiger partial charge on any atom is 0.332 e. The van der Waals surface area contributed by atoms with Gasteiger partial charge in [0.25, 0.3) is 0 Å². The highest BCUT2D eigenvalue weighted by Gasteiger charge is 2.26. The molecule has 1 aliphatic heterocycles. The van der Waals surface area contributed by atoms with Crippen molar-refractivity contribution in [1.82, 2.24) is 4.90 Å². The zero-order chi connectivity index (χ0) is 20.5. The molecule has 0 radical (unpaired) electrons. The maximum absolute atomic E-state index is 12.7. The second kappa shape index (κ2) is 10.7. The quantitative estimate of drug-likeness (QED) is 0.329. The molecule has 1 fully saturated rings. The smallest absolute Gasteiger partial charge is 0.332 e. The number of likely N-dealkylation sites (tertiary alicyclic amines) is 1. The first-order valence-corrected chi connectivity index (χ1v) is 10.5. The van der Waals surface area contributed by atoms with Crippen LogP contribution in [0.4, 0.5) is 0 Å². The van der Waals surface area contributed by atoms with Gasteiger partial charge in [-0.2, -0.15) is 0 Å². The number of carbonyl (C=O) groups excluding carboxylic acids is 1. The van der Waals surface area contributed by atoms with Gasteiger partial charge in [-0.3, -0.25) is 0 Å². The van der Waals surface area contributed by atoms with E-state index in [1.165, 1.54) is 12.0 Å². The van der Waals surface area contributed by atoms with Crippen LogP contribution >= 0.6 is 0 Å². The van der Waals surface area contributed by atoms with E-state index in [1.54, 1.807) is 6.08 Å². The average molecular weight is 390 g/mol. The first kappa shape index (κ1) is 20.9. The number of ether oxygens (including phenoxy) is 1. The summed E-state index contributed by atoms with van der Waals surface area (Å²) in [7, 11) is 0. The van der Waals surface area contributed by atoms with Gasteiger partial charge in [0, 0.05) is 36.7 Å². The fourth-order valence-electron chi connectivity index (χ4n) is 4.04. The number of nitrogens with zero attached hydrogens (tertiary/aromatic N) is 1. The first-order valence-electron chi connectivity index (χ1n) is 10.5. The van der Waals surface area contributed by atoms with Gasteiger partial charge in [-0.1, -0.05) is 73.7 Å². The number of hydrogen-bond acceptors (Lipinski definition) is 3. The Balaban J connectivity index is 1.80. The van der Waals surface area contributed by atoms with E-state index in [0.29, 0.717) is 6.61 Å². The molecule has 3 heteroatoms. The van der Waals surface area contributed by atoms with Crippen molar-refractivity contribution in [3.8, 4) is 0 Å². The van der Waals surface area contributed by atoms with Crippen LogP contribution in [0.5, 0.6) is 0 Å². The Labute approximate surface area is 174 Å². The Bertz CT molecular complexity index is 807. The van der Waals surface area contributed by atoms with Crippen molar-refractivity contribution in [2.24, 2.45) is 5.92 Å². The van der Waals surface area contributed by atoms with Crippen LogP contribution in [0.15, 0.2) is 85.1 Å². The van der Waals surface area contributed by atoms with Gasteiger partial charge in [0.15, 0.2) is 0 Å². The number of esters is 1. The minimum absolute atomic E-state index is 0.136. The largest absolute Gasteiger partial charge is 0.458 e. The molecule has 0 amide bonds. The highest BCUT2D eigenvalue weighted by atomic mass is 16.5. The summed E-state index contributed by atoms with van der Waals surface area (Å²) in [4.78, 5) is 15.0. The Kier molecular flexibility index (Phi) is 7.69. The highest BCUT2D eigenvalue weighted by Crippen LogP contribution is 2.33. The van der Waals surface area contributed by atoms with E-state index >= 15 is 0 Å². The van der Waals surface area contributed by atoms with E-state index in [9.17, 15) is 4.79 Å². The van der Waals surface area contributed by atoms with Crippen LogP contribution in [0.2, 0.25) is 0 Å². The van der Waals surface area contributed by atoms with E-state index < -0.39 is 0 Å². The second-order valence-electron chi connectivity index (χ2n) is 7.67. The van der Waals surface area contributed by atoms with Crippen LogP contribution in [0.25, 0.3) is 0 Å². The van der Waals surface area contributed by atoms with Crippen molar-refractivity contribution in [3.05, 3.63) is 96.2 Å². The molecular weight excluding hydrogens is 358 g/mol. The third-order valence-electron chi connectivity index (χ3n) is 5.65.